The lowest BCUT2D eigenvalue weighted by atomic mass is 10.0. The summed E-state index contributed by atoms with van der Waals surface area (Å²) in [5.74, 6) is 1.43. The van der Waals surface area contributed by atoms with Crippen molar-refractivity contribution < 1.29 is 4.39 Å². The zero-order chi connectivity index (χ0) is 13.4. The third-order valence-corrected chi connectivity index (χ3v) is 4.76. The number of hydrogen-bond acceptors (Lipinski definition) is 2. The van der Waals surface area contributed by atoms with E-state index in [2.05, 4.69) is 4.90 Å². The van der Waals surface area contributed by atoms with Crippen LogP contribution in [0.3, 0.4) is 0 Å². The molecule has 1 saturated carbocycles. The maximum Gasteiger partial charge on any atom is 0.137 e. The molecule has 0 amide bonds. The fourth-order valence-electron chi connectivity index (χ4n) is 3.59. The Balaban J connectivity index is 1.74. The number of likely N-dealkylation sites (tertiary alicyclic amines) is 1. The Morgan fingerprint density at radius 2 is 2.00 bits per heavy atom. The van der Waals surface area contributed by atoms with E-state index in [0.29, 0.717) is 17.7 Å². The maximum absolute atomic E-state index is 14.3. The van der Waals surface area contributed by atoms with E-state index in [1.54, 1.807) is 6.07 Å². The first-order valence-electron chi connectivity index (χ1n) is 6.94. The van der Waals surface area contributed by atoms with Gasteiger partial charge in [-0.15, -0.1) is 0 Å². The van der Waals surface area contributed by atoms with E-state index in [0.717, 1.165) is 24.9 Å². The molecule has 0 spiro atoms. The Hall–Kier alpha value is -1.00. The van der Waals surface area contributed by atoms with Gasteiger partial charge in [0.15, 0.2) is 0 Å². The summed E-state index contributed by atoms with van der Waals surface area (Å²) >= 11 is 4.88. The minimum atomic E-state index is -0.243. The molecule has 2 unspecified atom stereocenters. The molecule has 2 aliphatic rings. The molecule has 19 heavy (non-hydrogen) atoms. The van der Waals surface area contributed by atoms with Crippen LogP contribution in [0.2, 0.25) is 0 Å². The number of fused-ring (bicyclic) bond motifs is 1. The molecular weight excluding hydrogens is 259 g/mol. The van der Waals surface area contributed by atoms with Gasteiger partial charge >= 0.3 is 0 Å². The number of benzene rings is 1. The van der Waals surface area contributed by atoms with Gasteiger partial charge in [-0.25, -0.2) is 4.39 Å². The molecule has 2 nitrogen and oxygen atoms in total. The SMILES string of the molecule is NC(=S)c1cccc(CN2CC3CCCC3C2)c1F. The normalized spacial score (nSPS) is 26.6. The fraction of sp³-hybridized carbons (Fsp3) is 0.533. The molecular formula is C15H19FN2S. The summed E-state index contributed by atoms with van der Waals surface area (Å²) in [5, 5.41) is 0. The number of hydrogen-bond donors (Lipinski definition) is 1. The second-order valence-electron chi connectivity index (χ2n) is 5.79. The molecule has 3 rings (SSSR count). The molecule has 2 N–H and O–H groups in total. The maximum atomic E-state index is 14.3. The van der Waals surface area contributed by atoms with E-state index < -0.39 is 0 Å². The van der Waals surface area contributed by atoms with Crippen LogP contribution >= 0.6 is 12.2 Å². The van der Waals surface area contributed by atoms with Gasteiger partial charge in [-0.1, -0.05) is 30.8 Å². The first kappa shape index (κ1) is 13.0. The third kappa shape index (κ3) is 2.51. The van der Waals surface area contributed by atoms with E-state index in [9.17, 15) is 4.39 Å². The van der Waals surface area contributed by atoms with Crippen molar-refractivity contribution >= 4 is 17.2 Å². The van der Waals surface area contributed by atoms with E-state index in [1.807, 2.05) is 12.1 Å². The van der Waals surface area contributed by atoms with E-state index in [-0.39, 0.29) is 10.8 Å². The number of thiocarbonyl (C=S) groups is 1. The second kappa shape index (κ2) is 5.17. The van der Waals surface area contributed by atoms with Crippen LogP contribution in [-0.4, -0.2) is 23.0 Å². The van der Waals surface area contributed by atoms with Crippen LogP contribution < -0.4 is 5.73 Å². The number of nitrogens with zero attached hydrogens (tertiary/aromatic N) is 1. The molecule has 1 heterocycles. The monoisotopic (exact) mass is 278 g/mol. The Labute approximate surface area is 118 Å². The van der Waals surface area contributed by atoms with Gasteiger partial charge in [0.25, 0.3) is 0 Å². The lowest BCUT2D eigenvalue weighted by molar-refractivity contribution is 0.298. The topological polar surface area (TPSA) is 29.3 Å². The van der Waals surface area contributed by atoms with Gasteiger partial charge in [0.05, 0.1) is 0 Å². The molecule has 1 saturated heterocycles. The van der Waals surface area contributed by atoms with E-state index >= 15 is 0 Å². The van der Waals surface area contributed by atoms with Crippen molar-refractivity contribution in [1.82, 2.24) is 4.90 Å². The summed E-state index contributed by atoms with van der Waals surface area (Å²) in [6.07, 6.45) is 4.06. The van der Waals surface area contributed by atoms with Gasteiger partial charge < -0.3 is 5.73 Å². The number of rotatable bonds is 3. The molecule has 2 atom stereocenters. The van der Waals surface area contributed by atoms with Crippen LogP contribution in [0, 0.1) is 17.7 Å². The summed E-state index contributed by atoms with van der Waals surface area (Å²) < 4.78 is 14.3. The molecule has 1 aliphatic heterocycles. The molecule has 0 aromatic heterocycles. The summed E-state index contributed by atoms with van der Waals surface area (Å²) in [4.78, 5) is 2.51. The third-order valence-electron chi connectivity index (χ3n) is 4.54. The highest BCUT2D eigenvalue weighted by molar-refractivity contribution is 7.80. The van der Waals surface area contributed by atoms with Crippen molar-refractivity contribution in [2.75, 3.05) is 13.1 Å². The van der Waals surface area contributed by atoms with Crippen molar-refractivity contribution in [3.05, 3.63) is 35.1 Å². The van der Waals surface area contributed by atoms with E-state index in [4.69, 9.17) is 18.0 Å². The van der Waals surface area contributed by atoms with Crippen molar-refractivity contribution in [1.29, 1.82) is 0 Å². The van der Waals surface area contributed by atoms with Crippen LogP contribution in [0.15, 0.2) is 18.2 Å². The van der Waals surface area contributed by atoms with Gasteiger partial charge in [-0.3, -0.25) is 4.90 Å². The van der Waals surface area contributed by atoms with Gasteiger partial charge in [0.2, 0.25) is 0 Å². The molecule has 1 aromatic carbocycles. The molecule has 1 aromatic rings. The van der Waals surface area contributed by atoms with Crippen molar-refractivity contribution in [2.24, 2.45) is 17.6 Å². The standard InChI is InChI=1S/C15H19FN2S/c16-14-12(5-2-6-13(14)15(17)19)9-18-7-10-3-1-4-11(10)8-18/h2,5-6,10-11H,1,3-4,7-9H2,(H2,17,19). The average Bonchev–Trinajstić information content (AvgIpc) is 2.92. The van der Waals surface area contributed by atoms with Crippen molar-refractivity contribution in [3.63, 3.8) is 0 Å². The first-order chi connectivity index (χ1) is 9.15. The molecule has 2 fully saturated rings. The van der Waals surface area contributed by atoms with Gasteiger partial charge in [-0.05, 0) is 30.7 Å². The molecule has 0 bridgehead atoms. The zero-order valence-electron chi connectivity index (χ0n) is 10.9. The predicted molar refractivity (Wildman–Crippen MR) is 78.4 cm³/mol. The largest absolute Gasteiger partial charge is 0.389 e. The van der Waals surface area contributed by atoms with Crippen LogP contribution in [0.4, 0.5) is 4.39 Å². The second-order valence-corrected chi connectivity index (χ2v) is 6.23. The van der Waals surface area contributed by atoms with Gasteiger partial charge in [0, 0.05) is 30.8 Å². The molecule has 1 aliphatic carbocycles. The highest BCUT2D eigenvalue weighted by Gasteiger charge is 2.36. The summed E-state index contributed by atoms with van der Waals surface area (Å²) in [6.45, 7) is 2.90. The zero-order valence-corrected chi connectivity index (χ0v) is 11.8. The van der Waals surface area contributed by atoms with Crippen LogP contribution in [-0.2, 0) is 6.54 Å². The number of nitrogens with two attached hydrogens (primary N) is 1. The Morgan fingerprint density at radius 1 is 1.32 bits per heavy atom. The summed E-state index contributed by atoms with van der Waals surface area (Å²) in [6, 6.07) is 5.33. The van der Waals surface area contributed by atoms with Crippen LogP contribution in [0.1, 0.15) is 30.4 Å². The Morgan fingerprint density at radius 3 is 2.63 bits per heavy atom. The minimum absolute atomic E-state index is 0.137. The average molecular weight is 278 g/mol. The number of halogens is 1. The first-order valence-corrected chi connectivity index (χ1v) is 7.35. The van der Waals surface area contributed by atoms with Gasteiger partial charge in [0.1, 0.15) is 10.8 Å². The van der Waals surface area contributed by atoms with Gasteiger partial charge in [-0.2, -0.15) is 0 Å². The molecule has 102 valence electrons. The van der Waals surface area contributed by atoms with Crippen molar-refractivity contribution in [2.45, 2.75) is 25.8 Å². The smallest absolute Gasteiger partial charge is 0.137 e. The minimum Gasteiger partial charge on any atom is -0.389 e. The predicted octanol–water partition coefficient (Wildman–Crippen LogP) is 2.69. The highest BCUT2D eigenvalue weighted by atomic mass is 32.1. The molecule has 4 heteroatoms. The quantitative estimate of drug-likeness (QED) is 0.862. The summed E-state index contributed by atoms with van der Waals surface area (Å²) in [5.41, 5.74) is 6.62. The van der Waals surface area contributed by atoms with Crippen molar-refractivity contribution in [3.8, 4) is 0 Å². The Kier molecular flexibility index (Phi) is 3.54. The van der Waals surface area contributed by atoms with E-state index in [1.165, 1.54) is 19.3 Å². The highest BCUT2D eigenvalue weighted by Crippen LogP contribution is 2.38. The lowest BCUT2D eigenvalue weighted by Gasteiger charge is -2.18. The molecule has 0 radical (unpaired) electrons. The fourth-order valence-corrected chi connectivity index (χ4v) is 3.75. The summed E-state index contributed by atoms with van der Waals surface area (Å²) in [7, 11) is 0. The Bertz CT molecular complexity index is 491. The van der Waals surface area contributed by atoms with Crippen LogP contribution in [0.25, 0.3) is 0 Å². The lowest BCUT2D eigenvalue weighted by Crippen LogP contribution is -2.22. The van der Waals surface area contributed by atoms with Crippen LogP contribution in [0.5, 0.6) is 0 Å².